The number of amides is 1. The highest BCUT2D eigenvalue weighted by Crippen LogP contribution is 2.30. The van der Waals surface area contributed by atoms with Crippen LogP contribution in [0, 0.1) is 5.82 Å². The van der Waals surface area contributed by atoms with E-state index < -0.39 is 15.8 Å². The maximum absolute atomic E-state index is 13.5. The van der Waals surface area contributed by atoms with E-state index in [0.29, 0.717) is 30.1 Å². The monoisotopic (exact) mass is 478 g/mol. The van der Waals surface area contributed by atoms with Crippen LogP contribution in [0.2, 0.25) is 5.02 Å². The first-order valence-electron chi connectivity index (χ1n) is 9.86. The van der Waals surface area contributed by atoms with Gasteiger partial charge in [0, 0.05) is 24.2 Å². The van der Waals surface area contributed by atoms with Gasteiger partial charge in [0.05, 0.1) is 22.9 Å². The fourth-order valence-corrected chi connectivity index (χ4v) is 4.42. The van der Waals surface area contributed by atoms with Crippen molar-refractivity contribution in [3.63, 3.8) is 0 Å². The van der Waals surface area contributed by atoms with E-state index in [0.717, 1.165) is 19.1 Å². The Bertz CT molecular complexity index is 1260. The van der Waals surface area contributed by atoms with Gasteiger partial charge in [-0.15, -0.1) is 0 Å². The lowest BCUT2D eigenvalue weighted by atomic mass is 9.97. The minimum Gasteiger partial charge on any atom is -0.339 e. The van der Waals surface area contributed by atoms with Crippen LogP contribution in [0.3, 0.4) is 0 Å². The van der Waals surface area contributed by atoms with E-state index >= 15 is 0 Å². The molecule has 1 saturated heterocycles. The molecule has 1 fully saturated rings. The van der Waals surface area contributed by atoms with Gasteiger partial charge >= 0.3 is 0 Å². The van der Waals surface area contributed by atoms with Crippen LogP contribution in [0.4, 0.5) is 10.1 Å². The van der Waals surface area contributed by atoms with Crippen molar-refractivity contribution in [2.75, 3.05) is 24.1 Å². The quantitative estimate of drug-likeness (QED) is 0.595. The summed E-state index contributed by atoms with van der Waals surface area (Å²) in [7, 11) is -3.55. The minimum atomic E-state index is -3.55. The molecule has 11 heteroatoms. The Labute approximate surface area is 189 Å². The normalized spacial score (nSPS) is 16.7. The number of carbonyl (C=O) groups is 1. The van der Waals surface area contributed by atoms with E-state index in [-0.39, 0.29) is 28.4 Å². The number of nitrogens with zero attached hydrogens (tertiary/aromatic N) is 3. The van der Waals surface area contributed by atoms with Crippen LogP contribution in [0.1, 0.15) is 35.0 Å². The van der Waals surface area contributed by atoms with Crippen LogP contribution in [-0.4, -0.2) is 48.7 Å². The number of carbonyl (C=O) groups excluding carboxylic acids is 1. The number of rotatable bonds is 5. The molecule has 0 saturated carbocycles. The summed E-state index contributed by atoms with van der Waals surface area (Å²) < 4.78 is 44.3. The fourth-order valence-electron chi connectivity index (χ4n) is 3.63. The van der Waals surface area contributed by atoms with Crippen molar-refractivity contribution in [1.82, 2.24) is 15.0 Å². The number of likely N-dealkylation sites (tertiary alicyclic amines) is 1. The number of hydrogen-bond donors (Lipinski definition) is 1. The molecule has 1 aliphatic rings. The second-order valence-corrected chi connectivity index (χ2v) is 9.78. The van der Waals surface area contributed by atoms with Gasteiger partial charge in [0.25, 0.3) is 5.91 Å². The number of anilines is 1. The van der Waals surface area contributed by atoms with Crippen LogP contribution >= 0.6 is 11.6 Å². The van der Waals surface area contributed by atoms with Gasteiger partial charge in [-0.25, -0.2) is 12.8 Å². The largest absolute Gasteiger partial charge is 0.339 e. The number of piperidine rings is 1. The topological polar surface area (TPSA) is 105 Å². The summed E-state index contributed by atoms with van der Waals surface area (Å²) in [6.07, 6.45) is 2.50. The molecule has 3 aromatic rings. The Hall–Kier alpha value is -2.98. The molecule has 8 nitrogen and oxygen atoms in total. The van der Waals surface area contributed by atoms with Gasteiger partial charge in [0.2, 0.25) is 21.7 Å². The van der Waals surface area contributed by atoms with Gasteiger partial charge in [0.15, 0.2) is 0 Å². The van der Waals surface area contributed by atoms with Crippen molar-refractivity contribution < 1.29 is 22.1 Å². The standard InChI is InChI=1S/C21H20ClFN4O4S/c1-32(29,30)26-18-11-14(7-8-17(18)22)21(28)27-9-3-5-15(12-27)20-24-19(25-31-20)13-4-2-6-16(23)10-13/h2,4,6-8,10-11,15,26H,3,5,9,12H2,1H3. The molecule has 0 spiro atoms. The van der Waals surface area contributed by atoms with Crippen LogP contribution in [-0.2, 0) is 10.0 Å². The highest BCUT2D eigenvalue weighted by Gasteiger charge is 2.29. The summed E-state index contributed by atoms with van der Waals surface area (Å²) >= 11 is 6.06. The second-order valence-electron chi connectivity index (χ2n) is 7.63. The fraction of sp³-hybridized carbons (Fsp3) is 0.286. The molecule has 1 N–H and O–H groups in total. The molecule has 0 radical (unpaired) electrons. The first kappa shape index (κ1) is 22.2. The highest BCUT2D eigenvalue weighted by atomic mass is 35.5. The summed E-state index contributed by atoms with van der Waals surface area (Å²) in [4.78, 5) is 19.1. The Morgan fingerprint density at radius 2 is 2.09 bits per heavy atom. The molecule has 1 unspecified atom stereocenters. The van der Waals surface area contributed by atoms with Crippen LogP contribution in [0.15, 0.2) is 47.0 Å². The zero-order chi connectivity index (χ0) is 22.9. The summed E-state index contributed by atoms with van der Waals surface area (Å²) in [5.74, 6) is -0.137. The van der Waals surface area contributed by atoms with E-state index in [1.165, 1.54) is 24.3 Å². The molecule has 32 heavy (non-hydrogen) atoms. The third-order valence-corrected chi connectivity index (χ3v) is 6.01. The number of sulfonamides is 1. The maximum atomic E-state index is 13.5. The molecular weight excluding hydrogens is 459 g/mol. The highest BCUT2D eigenvalue weighted by molar-refractivity contribution is 7.92. The van der Waals surface area contributed by atoms with Gasteiger partial charge in [0.1, 0.15) is 5.82 Å². The Kier molecular flexibility index (Phi) is 6.16. The van der Waals surface area contributed by atoms with Gasteiger partial charge in [-0.05, 0) is 43.2 Å². The van der Waals surface area contributed by atoms with E-state index in [9.17, 15) is 17.6 Å². The smallest absolute Gasteiger partial charge is 0.253 e. The molecule has 1 amide bonds. The Morgan fingerprint density at radius 3 is 2.84 bits per heavy atom. The average Bonchev–Trinajstić information content (AvgIpc) is 3.24. The van der Waals surface area contributed by atoms with Gasteiger partial charge in [-0.3, -0.25) is 9.52 Å². The van der Waals surface area contributed by atoms with Crippen molar-refractivity contribution in [2.45, 2.75) is 18.8 Å². The zero-order valence-electron chi connectivity index (χ0n) is 17.1. The van der Waals surface area contributed by atoms with Crippen LogP contribution < -0.4 is 4.72 Å². The van der Waals surface area contributed by atoms with Gasteiger partial charge < -0.3 is 9.42 Å². The van der Waals surface area contributed by atoms with E-state index in [1.54, 1.807) is 23.1 Å². The van der Waals surface area contributed by atoms with E-state index in [2.05, 4.69) is 14.9 Å². The number of benzene rings is 2. The Balaban J connectivity index is 1.51. The van der Waals surface area contributed by atoms with Crippen molar-refractivity contribution >= 4 is 33.2 Å². The molecule has 168 valence electrons. The molecule has 2 heterocycles. The van der Waals surface area contributed by atoms with Crippen molar-refractivity contribution in [1.29, 1.82) is 0 Å². The SMILES string of the molecule is CS(=O)(=O)Nc1cc(C(=O)N2CCCC(c3nc(-c4cccc(F)c4)no3)C2)ccc1Cl. The van der Waals surface area contributed by atoms with Crippen molar-refractivity contribution in [2.24, 2.45) is 0 Å². The molecule has 1 aromatic heterocycles. The molecule has 2 aromatic carbocycles. The molecule has 1 aliphatic heterocycles. The minimum absolute atomic E-state index is 0.144. The third kappa shape index (κ3) is 5.08. The first-order valence-corrected chi connectivity index (χ1v) is 12.1. The molecule has 1 atom stereocenters. The third-order valence-electron chi connectivity index (χ3n) is 5.09. The lowest BCUT2D eigenvalue weighted by Crippen LogP contribution is -2.39. The molecular formula is C21H20ClFN4O4S. The van der Waals surface area contributed by atoms with Gasteiger partial charge in [-0.2, -0.15) is 4.98 Å². The lowest BCUT2D eigenvalue weighted by Gasteiger charge is -2.31. The number of nitrogens with one attached hydrogen (secondary N) is 1. The Morgan fingerprint density at radius 1 is 1.28 bits per heavy atom. The molecule has 0 aliphatic carbocycles. The first-order chi connectivity index (χ1) is 15.2. The lowest BCUT2D eigenvalue weighted by molar-refractivity contribution is 0.0695. The summed E-state index contributed by atoms with van der Waals surface area (Å²) in [6.45, 7) is 0.902. The van der Waals surface area contributed by atoms with Gasteiger partial charge in [-0.1, -0.05) is 28.9 Å². The summed E-state index contributed by atoms with van der Waals surface area (Å²) in [5.41, 5.74) is 0.966. The summed E-state index contributed by atoms with van der Waals surface area (Å²) in [6, 6.07) is 10.4. The average molecular weight is 479 g/mol. The predicted molar refractivity (Wildman–Crippen MR) is 117 cm³/mol. The summed E-state index contributed by atoms with van der Waals surface area (Å²) in [5, 5.41) is 4.14. The number of aromatic nitrogens is 2. The maximum Gasteiger partial charge on any atom is 0.253 e. The second kappa shape index (κ2) is 8.87. The number of halogens is 2. The predicted octanol–water partition coefficient (Wildman–Crippen LogP) is 3.92. The van der Waals surface area contributed by atoms with Crippen LogP contribution in [0.25, 0.3) is 11.4 Å². The van der Waals surface area contributed by atoms with Crippen LogP contribution in [0.5, 0.6) is 0 Å². The van der Waals surface area contributed by atoms with E-state index in [4.69, 9.17) is 16.1 Å². The molecule has 4 rings (SSSR count). The van der Waals surface area contributed by atoms with E-state index in [1.807, 2.05) is 0 Å². The van der Waals surface area contributed by atoms with Crippen molar-refractivity contribution in [3.8, 4) is 11.4 Å². The number of hydrogen-bond acceptors (Lipinski definition) is 6. The van der Waals surface area contributed by atoms with Crippen molar-refractivity contribution in [3.05, 3.63) is 64.8 Å². The zero-order valence-corrected chi connectivity index (χ0v) is 18.7. The molecule has 0 bridgehead atoms.